The van der Waals surface area contributed by atoms with Crippen molar-refractivity contribution in [1.29, 1.82) is 0 Å². The van der Waals surface area contributed by atoms with Crippen LogP contribution in [0.25, 0.3) is 12.2 Å². The van der Waals surface area contributed by atoms with Crippen LogP contribution >= 0.6 is 0 Å². The molecule has 1 amide bonds. The molecule has 0 saturated heterocycles. The van der Waals surface area contributed by atoms with E-state index in [1.54, 1.807) is 24.5 Å². The zero-order valence-electron chi connectivity index (χ0n) is 16.0. The van der Waals surface area contributed by atoms with Crippen LogP contribution in [-0.2, 0) is 11.2 Å². The van der Waals surface area contributed by atoms with Gasteiger partial charge in [0.25, 0.3) is 5.91 Å². The summed E-state index contributed by atoms with van der Waals surface area (Å²) in [5.41, 5.74) is 8.78. The average Bonchev–Trinajstić information content (AvgIpc) is 2.78. The third-order valence-electron chi connectivity index (χ3n) is 4.54. The molecule has 1 atom stereocenters. The Hall–Kier alpha value is -3.57. The number of hydrogen-bond donors (Lipinski definition) is 2. The van der Waals surface area contributed by atoms with E-state index in [0.717, 1.165) is 16.7 Å². The lowest BCUT2D eigenvalue weighted by Crippen LogP contribution is -2.45. The molecule has 0 aliphatic heterocycles. The molecular formula is C24H23N3O2. The normalized spacial score (nSPS) is 11.9. The second-order valence-electron chi connectivity index (χ2n) is 6.59. The quantitative estimate of drug-likeness (QED) is 0.624. The van der Waals surface area contributed by atoms with Crippen molar-refractivity contribution in [3.05, 3.63) is 101 Å². The van der Waals surface area contributed by atoms with Crippen LogP contribution in [0.2, 0.25) is 0 Å². The predicted octanol–water partition coefficient (Wildman–Crippen LogP) is 3.12. The van der Waals surface area contributed by atoms with Crippen molar-refractivity contribution in [1.82, 2.24) is 10.3 Å². The number of carbonyl (C=O) groups is 2. The lowest BCUT2D eigenvalue weighted by molar-refractivity contribution is -0.119. The maximum absolute atomic E-state index is 12.9. The van der Waals surface area contributed by atoms with E-state index < -0.39 is 6.04 Å². The zero-order chi connectivity index (χ0) is 20.5. The topological polar surface area (TPSA) is 85.1 Å². The highest BCUT2D eigenvalue weighted by molar-refractivity contribution is 6.01. The maximum Gasteiger partial charge on any atom is 0.252 e. The van der Waals surface area contributed by atoms with Gasteiger partial charge in [-0.15, -0.1) is 0 Å². The smallest absolute Gasteiger partial charge is 0.252 e. The molecule has 0 bridgehead atoms. The first kappa shape index (κ1) is 20.2. The Labute approximate surface area is 170 Å². The van der Waals surface area contributed by atoms with E-state index in [1.807, 2.05) is 66.7 Å². The van der Waals surface area contributed by atoms with Crippen molar-refractivity contribution in [3.63, 3.8) is 0 Å². The van der Waals surface area contributed by atoms with E-state index in [9.17, 15) is 9.59 Å². The Balaban J connectivity index is 1.79. The summed E-state index contributed by atoms with van der Waals surface area (Å²) in [7, 11) is 0. The standard InChI is InChI=1S/C24H23N3O2/c25-17-23(28)22(16-19-6-2-1-3-7-19)27-24(29)21-9-5-4-8-20(21)11-10-18-12-14-26-15-13-18/h1-15,22H,16-17,25H2,(H,27,29)/b11-10+. The second-order valence-corrected chi connectivity index (χ2v) is 6.59. The highest BCUT2D eigenvalue weighted by atomic mass is 16.2. The number of nitrogens with one attached hydrogen (secondary N) is 1. The van der Waals surface area contributed by atoms with Crippen molar-refractivity contribution >= 4 is 23.8 Å². The van der Waals surface area contributed by atoms with Gasteiger partial charge in [-0.05, 0) is 41.3 Å². The van der Waals surface area contributed by atoms with Gasteiger partial charge in [0.1, 0.15) is 0 Å². The van der Waals surface area contributed by atoms with Crippen LogP contribution in [0, 0.1) is 0 Å². The molecule has 1 unspecified atom stereocenters. The lowest BCUT2D eigenvalue weighted by atomic mass is 10.0. The van der Waals surface area contributed by atoms with Crippen LogP contribution in [0.3, 0.4) is 0 Å². The Bertz CT molecular complexity index is 985. The number of carbonyl (C=O) groups excluding carboxylic acids is 2. The van der Waals surface area contributed by atoms with Gasteiger partial charge in [0, 0.05) is 18.0 Å². The molecular weight excluding hydrogens is 362 g/mol. The molecule has 1 heterocycles. The fourth-order valence-corrected chi connectivity index (χ4v) is 2.98. The number of hydrogen-bond acceptors (Lipinski definition) is 4. The third-order valence-corrected chi connectivity index (χ3v) is 4.54. The van der Waals surface area contributed by atoms with Crippen molar-refractivity contribution in [3.8, 4) is 0 Å². The summed E-state index contributed by atoms with van der Waals surface area (Å²) < 4.78 is 0. The van der Waals surface area contributed by atoms with E-state index in [-0.39, 0.29) is 18.2 Å². The maximum atomic E-state index is 12.9. The number of nitrogens with zero attached hydrogens (tertiary/aromatic N) is 1. The van der Waals surface area contributed by atoms with Gasteiger partial charge in [-0.1, -0.05) is 60.7 Å². The van der Waals surface area contributed by atoms with Gasteiger partial charge in [-0.25, -0.2) is 0 Å². The highest BCUT2D eigenvalue weighted by Gasteiger charge is 2.21. The van der Waals surface area contributed by atoms with Crippen molar-refractivity contribution in [2.75, 3.05) is 6.54 Å². The molecule has 5 nitrogen and oxygen atoms in total. The number of ketones is 1. The molecule has 3 N–H and O–H groups in total. The third kappa shape index (κ3) is 5.70. The van der Waals surface area contributed by atoms with Gasteiger partial charge >= 0.3 is 0 Å². The number of benzene rings is 2. The van der Waals surface area contributed by atoms with Crippen molar-refractivity contribution < 1.29 is 9.59 Å². The van der Waals surface area contributed by atoms with Crippen LogP contribution in [0.1, 0.15) is 27.0 Å². The van der Waals surface area contributed by atoms with E-state index in [4.69, 9.17) is 5.73 Å². The van der Waals surface area contributed by atoms with Crippen molar-refractivity contribution in [2.45, 2.75) is 12.5 Å². The summed E-state index contributed by atoms with van der Waals surface area (Å²) in [6.45, 7) is -0.124. The minimum atomic E-state index is -0.674. The lowest BCUT2D eigenvalue weighted by Gasteiger charge is -2.18. The Morgan fingerprint density at radius 3 is 2.34 bits per heavy atom. The van der Waals surface area contributed by atoms with Gasteiger partial charge < -0.3 is 11.1 Å². The first-order valence-electron chi connectivity index (χ1n) is 9.42. The predicted molar refractivity (Wildman–Crippen MR) is 115 cm³/mol. The number of amides is 1. The van der Waals surface area contributed by atoms with E-state index in [2.05, 4.69) is 10.3 Å². The SMILES string of the molecule is NCC(=O)C(Cc1ccccc1)NC(=O)c1ccccc1/C=C/c1ccncc1. The Kier molecular flexibility index (Phi) is 7.03. The zero-order valence-corrected chi connectivity index (χ0v) is 16.0. The number of aromatic nitrogens is 1. The van der Waals surface area contributed by atoms with Crippen LogP contribution in [0.5, 0.6) is 0 Å². The van der Waals surface area contributed by atoms with Gasteiger partial charge in [0.15, 0.2) is 5.78 Å². The van der Waals surface area contributed by atoms with Crippen LogP contribution in [0.15, 0.2) is 79.1 Å². The molecule has 0 radical (unpaired) electrons. The van der Waals surface area contributed by atoms with Gasteiger partial charge in [-0.2, -0.15) is 0 Å². The minimum absolute atomic E-state index is 0.124. The molecule has 146 valence electrons. The largest absolute Gasteiger partial charge is 0.342 e. The molecule has 1 aromatic heterocycles. The Morgan fingerprint density at radius 1 is 0.931 bits per heavy atom. The van der Waals surface area contributed by atoms with Gasteiger partial charge in [0.05, 0.1) is 12.6 Å². The molecule has 5 heteroatoms. The molecule has 0 aliphatic carbocycles. The number of Topliss-reactive ketones (excluding diaryl/α,β-unsaturated/α-hetero) is 1. The molecule has 3 aromatic rings. The summed E-state index contributed by atoms with van der Waals surface area (Å²) >= 11 is 0. The fourth-order valence-electron chi connectivity index (χ4n) is 2.98. The van der Waals surface area contributed by atoms with Gasteiger partial charge in [0.2, 0.25) is 0 Å². The molecule has 0 saturated carbocycles. The van der Waals surface area contributed by atoms with Crippen LogP contribution < -0.4 is 11.1 Å². The molecule has 0 aliphatic rings. The van der Waals surface area contributed by atoms with Crippen LogP contribution in [-0.4, -0.2) is 29.3 Å². The van der Waals surface area contributed by atoms with E-state index in [1.165, 1.54) is 0 Å². The first-order chi connectivity index (χ1) is 14.2. The van der Waals surface area contributed by atoms with Crippen molar-refractivity contribution in [2.24, 2.45) is 5.73 Å². The molecule has 0 fully saturated rings. The minimum Gasteiger partial charge on any atom is -0.342 e. The number of pyridine rings is 1. The molecule has 0 spiro atoms. The summed E-state index contributed by atoms with van der Waals surface area (Å²) in [5.74, 6) is -0.505. The van der Waals surface area contributed by atoms with E-state index >= 15 is 0 Å². The molecule has 3 rings (SSSR count). The molecule has 2 aromatic carbocycles. The van der Waals surface area contributed by atoms with Crippen LogP contribution in [0.4, 0.5) is 0 Å². The summed E-state index contributed by atoms with van der Waals surface area (Å²) in [6, 6.07) is 19.9. The first-order valence-corrected chi connectivity index (χ1v) is 9.42. The summed E-state index contributed by atoms with van der Waals surface area (Å²) in [4.78, 5) is 29.3. The average molecular weight is 385 g/mol. The van der Waals surface area contributed by atoms with Gasteiger partial charge in [-0.3, -0.25) is 14.6 Å². The second kappa shape index (κ2) is 10.1. The number of nitrogens with two attached hydrogens (primary N) is 1. The molecule has 29 heavy (non-hydrogen) atoms. The fraction of sp³-hybridized carbons (Fsp3) is 0.125. The van der Waals surface area contributed by atoms with E-state index in [0.29, 0.717) is 12.0 Å². The monoisotopic (exact) mass is 385 g/mol. The summed E-state index contributed by atoms with van der Waals surface area (Å²) in [5, 5.41) is 2.86. The number of rotatable bonds is 8. The highest BCUT2D eigenvalue weighted by Crippen LogP contribution is 2.14. The summed E-state index contributed by atoms with van der Waals surface area (Å²) in [6.07, 6.45) is 7.62. The Morgan fingerprint density at radius 2 is 1.62 bits per heavy atom.